The molecule has 0 radical (unpaired) electrons. The normalized spacial score (nSPS) is 16.5. The molecule has 15 nitrogen and oxygen atoms in total. The van der Waals surface area contributed by atoms with Gasteiger partial charge in [-0.2, -0.15) is 16.1 Å². The number of hydrogen-bond acceptors (Lipinski definition) is 13. The first-order valence-electron chi connectivity index (χ1n) is 16.0. The van der Waals surface area contributed by atoms with Crippen LogP contribution in [0.25, 0.3) is 0 Å². The molecule has 52 heavy (non-hydrogen) atoms. The highest BCUT2D eigenvalue weighted by molar-refractivity contribution is 7.18. The van der Waals surface area contributed by atoms with Crippen molar-refractivity contribution in [1.29, 1.82) is 0 Å². The van der Waals surface area contributed by atoms with Gasteiger partial charge in [-0.3, -0.25) is 14.4 Å². The number of nitrogens with one attached hydrogen (secondary N) is 1. The Hall–Kier alpha value is -4.67. The molecule has 2 N–H and O–H groups in total. The predicted molar refractivity (Wildman–Crippen MR) is 191 cm³/mol. The lowest BCUT2D eigenvalue weighted by molar-refractivity contribution is -0.245. The fourth-order valence-corrected chi connectivity index (χ4v) is 3.93. The molecule has 0 aromatic heterocycles. The minimum Gasteiger partial charge on any atom is -0.478 e. The minimum absolute atomic E-state index is 0.453. The number of benzene rings is 2. The van der Waals surface area contributed by atoms with Crippen LogP contribution in [0, 0.1) is 0 Å². The van der Waals surface area contributed by atoms with Crippen LogP contribution >= 0.6 is 11.1 Å². The summed E-state index contributed by atoms with van der Waals surface area (Å²) < 4.78 is 19.8. The first-order valence-corrected chi connectivity index (χ1v) is 20.6. The maximum absolute atomic E-state index is 12.1. The molecule has 3 rings (SSSR count). The summed E-state index contributed by atoms with van der Waals surface area (Å²) in [7, 11) is -1.14. The molecular weight excluding hydrogens is 720 g/mol. The van der Waals surface area contributed by atoms with Crippen LogP contribution in [0.15, 0.2) is 60.7 Å². The van der Waals surface area contributed by atoms with Crippen LogP contribution in [-0.2, 0) is 47.8 Å². The van der Waals surface area contributed by atoms with Gasteiger partial charge in [0, 0.05) is 13.8 Å². The molecule has 0 aliphatic carbocycles. The molecule has 1 saturated heterocycles. The molecule has 288 valence electrons. The molecule has 1 aliphatic rings. The Kier molecular flexibility index (Phi) is 17.3. The molecule has 0 saturated carbocycles. The third-order valence-corrected chi connectivity index (χ3v) is 5.65. The summed E-state index contributed by atoms with van der Waals surface area (Å²) in [6.45, 7) is 18.6. The Morgan fingerprint density at radius 3 is 1.69 bits per heavy atom. The van der Waals surface area contributed by atoms with Crippen LogP contribution in [-0.4, -0.2) is 77.1 Å². The molecule has 0 bridgehead atoms. The van der Waals surface area contributed by atoms with Crippen LogP contribution in [0.2, 0.25) is 19.6 Å². The number of esters is 2. The molecule has 17 heteroatoms. The van der Waals surface area contributed by atoms with Crippen molar-refractivity contribution in [2.24, 2.45) is 0 Å². The van der Waals surface area contributed by atoms with Crippen LogP contribution in [0.4, 0.5) is 9.59 Å². The number of hydroxylamine groups is 3. The van der Waals surface area contributed by atoms with Crippen molar-refractivity contribution >= 4 is 54.6 Å². The van der Waals surface area contributed by atoms with E-state index in [9.17, 15) is 33.9 Å². The summed E-state index contributed by atoms with van der Waals surface area (Å²) in [6.07, 6.45) is -4.63. The fraction of sp³-hybridized carbons (Fsp3) is 0.486. The number of halogens is 1. The average Bonchev–Trinajstić information content (AvgIpc) is 2.98. The number of β-lactam (4-membered cyclic amide) rings is 1. The second kappa shape index (κ2) is 19.8. The fourth-order valence-electron chi connectivity index (χ4n) is 3.93. The lowest BCUT2D eigenvalue weighted by Crippen LogP contribution is -2.60. The van der Waals surface area contributed by atoms with Gasteiger partial charge in [-0.25, -0.2) is 14.4 Å². The number of carboxylic acids is 1. The first-order chi connectivity index (χ1) is 23.8. The molecule has 0 unspecified atom stereocenters. The second-order valence-corrected chi connectivity index (χ2v) is 21.6. The summed E-state index contributed by atoms with van der Waals surface area (Å²) in [5.74, 6) is -3.36. The Balaban J connectivity index is 0.000000460. The van der Waals surface area contributed by atoms with Gasteiger partial charge < -0.3 is 33.7 Å². The quantitative estimate of drug-likeness (QED) is 0.0689. The van der Waals surface area contributed by atoms with E-state index in [2.05, 4.69) is 25.1 Å². The van der Waals surface area contributed by atoms with Gasteiger partial charge in [0.1, 0.15) is 30.7 Å². The summed E-state index contributed by atoms with van der Waals surface area (Å²) in [5, 5.41) is 10.2. The maximum Gasteiger partial charge on any atom is 0.534 e. The molecule has 1 fully saturated rings. The molecule has 1 amide bonds. The predicted octanol–water partition coefficient (Wildman–Crippen LogP) is 6.63. The van der Waals surface area contributed by atoms with E-state index in [4.69, 9.17) is 39.7 Å². The van der Waals surface area contributed by atoms with Crippen LogP contribution in [0.5, 0.6) is 0 Å². The number of amides is 1. The molecule has 2 aromatic carbocycles. The zero-order valence-electron chi connectivity index (χ0n) is 31.3. The van der Waals surface area contributed by atoms with Crippen molar-refractivity contribution < 1.29 is 62.5 Å². The summed E-state index contributed by atoms with van der Waals surface area (Å²) >= 11 is 5.67. The maximum atomic E-state index is 12.1. The molecule has 1 aliphatic heterocycles. The highest BCUT2D eigenvalue weighted by atomic mass is 35.6. The van der Waals surface area contributed by atoms with Crippen LogP contribution in [0.1, 0.15) is 78.6 Å². The zero-order valence-corrected chi connectivity index (χ0v) is 33.0. The largest absolute Gasteiger partial charge is 0.534 e. The highest BCUT2D eigenvalue weighted by Gasteiger charge is 2.54. The Morgan fingerprint density at radius 1 is 0.808 bits per heavy atom. The van der Waals surface area contributed by atoms with Gasteiger partial charge in [-0.1, -0.05) is 80.3 Å². The van der Waals surface area contributed by atoms with Crippen molar-refractivity contribution in [2.45, 2.75) is 111 Å². The third-order valence-electron chi connectivity index (χ3n) is 5.65. The van der Waals surface area contributed by atoms with Crippen molar-refractivity contribution in [3.05, 3.63) is 71.8 Å². The summed E-state index contributed by atoms with van der Waals surface area (Å²) in [4.78, 5) is 79.0. The Labute approximate surface area is 309 Å². The van der Waals surface area contributed by atoms with E-state index < -0.39 is 79.0 Å². The van der Waals surface area contributed by atoms with Gasteiger partial charge >= 0.3 is 30.2 Å². The minimum atomic E-state index is -1.59. The number of carbonyl (C=O) groups excluding carboxylic acids is 5. The molecular formula is C35H49ClN2O13Si. The van der Waals surface area contributed by atoms with Crippen LogP contribution < -0.4 is 5.48 Å². The van der Waals surface area contributed by atoms with Gasteiger partial charge in [0.25, 0.3) is 5.91 Å². The highest BCUT2D eigenvalue weighted by Crippen LogP contribution is 2.37. The van der Waals surface area contributed by atoms with Gasteiger partial charge in [0.05, 0.1) is 0 Å². The van der Waals surface area contributed by atoms with E-state index in [1.807, 2.05) is 6.07 Å². The van der Waals surface area contributed by atoms with E-state index in [1.165, 1.54) is 6.92 Å². The lowest BCUT2D eigenvalue weighted by Gasteiger charge is -2.43. The van der Waals surface area contributed by atoms with E-state index >= 15 is 0 Å². The van der Waals surface area contributed by atoms with E-state index in [1.54, 1.807) is 96.1 Å². The standard InChI is InChI=1S/C16H21NO7.C16H19NO6.C3H9ClSi/c1-10(18)22-13(14(19)20)12(11-8-6-5-7-9-11)17-24-15(21)23-16(2,3)4;1-10(18)21-13-12(11-8-6-5-7-9-11)17(14(13)19)23-15(20)22-16(2,3)4;1-5(2,3)4/h5-9,12-13,17H,1-4H3,(H,19,20);5-9,12-13H,1-4H3;1-3H3/t2*12-,13+;/m00./s1. The topological polar surface area (TPSA) is 193 Å². The smallest absolute Gasteiger partial charge is 0.478 e. The molecule has 2 aromatic rings. The van der Waals surface area contributed by atoms with Crippen molar-refractivity contribution in [1.82, 2.24) is 10.5 Å². The Morgan fingerprint density at radius 2 is 1.27 bits per heavy atom. The number of carbonyl (C=O) groups is 6. The second-order valence-electron chi connectivity index (χ2n) is 14.1. The first kappa shape index (κ1) is 45.3. The van der Waals surface area contributed by atoms with Gasteiger partial charge in [0.2, 0.25) is 12.2 Å². The zero-order chi connectivity index (χ0) is 40.0. The number of ether oxygens (including phenoxy) is 4. The Bertz CT molecular complexity index is 1500. The monoisotopic (exact) mass is 768 g/mol. The molecule has 0 spiro atoms. The SMILES string of the molecule is CC(=O)O[C@@H](C(=O)O)[C@@H](NOC(=O)OC(C)(C)C)c1ccccc1.CC(=O)O[C@H]1C(=O)N(OC(=O)OC(C)(C)C)[C@H]1c1ccccc1.C[Si](C)(C)Cl. The van der Waals surface area contributed by atoms with Crippen LogP contribution in [0.3, 0.4) is 0 Å². The summed E-state index contributed by atoms with van der Waals surface area (Å²) in [5.41, 5.74) is 1.93. The summed E-state index contributed by atoms with van der Waals surface area (Å²) in [6, 6.07) is 15.3. The number of carboxylic acid groups (broad SMARTS) is 1. The third kappa shape index (κ3) is 18.0. The van der Waals surface area contributed by atoms with Crippen molar-refractivity contribution in [3.8, 4) is 0 Å². The van der Waals surface area contributed by atoms with Gasteiger partial charge in [-0.15, -0.1) is 5.48 Å². The lowest BCUT2D eigenvalue weighted by atomic mass is 9.93. The van der Waals surface area contributed by atoms with E-state index in [0.29, 0.717) is 11.1 Å². The van der Waals surface area contributed by atoms with Crippen molar-refractivity contribution in [3.63, 3.8) is 0 Å². The van der Waals surface area contributed by atoms with Gasteiger partial charge in [-0.05, 0) is 52.7 Å². The molecule has 4 atom stereocenters. The van der Waals surface area contributed by atoms with E-state index in [-0.39, 0.29) is 0 Å². The number of rotatable bonds is 9. The number of aliphatic carboxylic acids is 1. The van der Waals surface area contributed by atoms with Crippen molar-refractivity contribution in [2.75, 3.05) is 0 Å². The number of hydrogen-bond donors (Lipinski definition) is 2. The molecule has 1 heterocycles. The van der Waals surface area contributed by atoms with E-state index in [0.717, 1.165) is 12.0 Å². The number of nitrogens with zero attached hydrogens (tertiary/aromatic N) is 1. The average molecular weight is 769 g/mol. The van der Waals surface area contributed by atoms with Gasteiger partial charge in [0.15, 0.2) is 0 Å².